The number of hydrogen-bond donors (Lipinski definition) is 1. The van der Waals surface area contributed by atoms with Crippen molar-refractivity contribution in [3.8, 4) is 0 Å². The van der Waals surface area contributed by atoms with E-state index in [9.17, 15) is 4.79 Å². The van der Waals surface area contributed by atoms with Gasteiger partial charge in [-0.1, -0.05) is 49.6 Å². The van der Waals surface area contributed by atoms with Crippen molar-refractivity contribution in [1.82, 2.24) is 0 Å². The molecule has 5 aliphatic carbocycles. The first kappa shape index (κ1) is 23.0. The van der Waals surface area contributed by atoms with E-state index >= 15 is 0 Å². The normalized spacial score (nSPS) is 29.6. The lowest BCUT2D eigenvalue weighted by molar-refractivity contribution is -0.00518. The van der Waals surface area contributed by atoms with Gasteiger partial charge >= 0.3 is 0 Å². The number of thioether (sulfide) groups is 1. The maximum atomic E-state index is 13.4. The lowest BCUT2D eigenvalue weighted by Gasteiger charge is -2.57. The quantitative estimate of drug-likeness (QED) is 0.369. The van der Waals surface area contributed by atoms with Crippen molar-refractivity contribution in [2.45, 2.75) is 87.0 Å². The molecule has 0 spiro atoms. The Morgan fingerprint density at radius 2 is 1.56 bits per heavy atom. The largest absolute Gasteiger partial charge is 0.451 e. The highest BCUT2D eigenvalue weighted by atomic mass is 32.2. The van der Waals surface area contributed by atoms with Crippen molar-refractivity contribution in [1.29, 1.82) is 0 Å². The maximum absolute atomic E-state index is 13.4. The van der Waals surface area contributed by atoms with Gasteiger partial charge in [0.2, 0.25) is 0 Å². The number of anilines is 1. The Bertz CT molecular complexity index is 1220. The van der Waals surface area contributed by atoms with Crippen molar-refractivity contribution in [2.24, 2.45) is 17.8 Å². The molecule has 1 aromatic heterocycles. The number of amides is 1. The van der Waals surface area contributed by atoms with Crippen LogP contribution in [0.1, 0.15) is 92.3 Å². The summed E-state index contributed by atoms with van der Waals surface area (Å²) in [5.74, 6) is 3.99. The van der Waals surface area contributed by atoms with Gasteiger partial charge in [0.15, 0.2) is 5.76 Å². The van der Waals surface area contributed by atoms with Crippen LogP contribution in [0.25, 0.3) is 11.0 Å². The molecule has 3 nitrogen and oxygen atoms in total. The van der Waals surface area contributed by atoms with E-state index in [1.807, 2.05) is 30.0 Å². The third-order valence-corrected chi connectivity index (χ3v) is 11.1. The van der Waals surface area contributed by atoms with E-state index in [0.29, 0.717) is 16.4 Å². The zero-order valence-corrected chi connectivity index (χ0v) is 22.0. The van der Waals surface area contributed by atoms with Crippen LogP contribution >= 0.6 is 11.8 Å². The van der Waals surface area contributed by atoms with Crippen molar-refractivity contribution >= 4 is 34.3 Å². The van der Waals surface area contributed by atoms with Crippen molar-refractivity contribution < 1.29 is 9.21 Å². The first-order valence-corrected chi connectivity index (χ1v) is 15.2. The van der Waals surface area contributed by atoms with Crippen LogP contribution in [0.3, 0.4) is 0 Å². The SMILES string of the molecule is O=C(Nc1ccc(C23CC4CC(CC(C4)C2)C3)cc1)c1oc2ccccc2c1CSC1CCCCC1. The molecule has 0 aliphatic heterocycles. The predicted octanol–water partition coefficient (Wildman–Crippen LogP) is 8.72. The lowest BCUT2D eigenvalue weighted by atomic mass is 9.48. The summed E-state index contributed by atoms with van der Waals surface area (Å²) in [5, 5.41) is 4.92. The number of para-hydroxylation sites is 1. The van der Waals surface area contributed by atoms with Gasteiger partial charge in [0, 0.05) is 27.6 Å². The van der Waals surface area contributed by atoms with Crippen LogP contribution in [0.5, 0.6) is 0 Å². The van der Waals surface area contributed by atoms with E-state index in [1.165, 1.54) is 76.2 Å². The second kappa shape index (κ2) is 9.28. The molecule has 3 aromatic rings. The molecule has 1 amide bonds. The van der Waals surface area contributed by atoms with E-state index < -0.39 is 0 Å². The van der Waals surface area contributed by atoms with Gasteiger partial charge in [-0.05, 0) is 98.3 Å². The summed E-state index contributed by atoms with van der Waals surface area (Å²) in [5.41, 5.74) is 4.59. The van der Waals surface area contributed by atoms with Gasteiger partial charge < -0.3 is 9.73 Å². The minimum atomic E-state index is -0.131. The highest BCUT2D eigenvalue weighted by Crippen LogP contribution is 2.60. The molecule has 5 saturated carbocycles. The summed E-state index contributed by atoms with van der Waals surface area (Å²) < 4.78 is 6.14. The molecule has 36 heavy (non-hydrogen) atoms. The highest BCUT2D eigenvalue weighted by molar-refractivity contribution is 7.99. The number of fused-ring (bicyclic) bond motifs is 1. The summed E-state index contributed by atoms with van der Waals surface area (Å²) in [6, 6.07) is 16.9. The third-order valence-electron chi connectivity index (χ3n) is 9.71. The molecule has 5 fully saturated rings. The monoisotopic (exact) mass is 499 g/mol. The molecule has 188 valence electrons. The smallest absolute Gasteiger partial charge is 0.291 e. The summed E-state index contributed by atoms with van der Waals surface area (Å²) in [7, 11) is 0. The van der Waals surface area contributed by atoms with Gasteiger partial charge in [-0.2, -0.15) is 11.8 Å². The fourth-order valence-corrected chi connectivity index (χ4v) is 9.77. The van der Waals surface area contributed by atoms with Gasteiger partial charge in [-0.3, -0.25) is 4.79 Å². The average molecular weight is 500 g/mol. The molecule has 8 rings (SSSR count). The molecule has 0 radical (unpaired) electrons. The van der Waals surface area contributed by atoms with Crippen molar-refractivity contribution in [3.63, 3.8) is 0 Å². The Balaban J connectivity index is 1.10. The van der Waals surface area contributed by atoms with Gasteiger partial charge in [-0.25, -0.2) is 0 Å². The minimum absolute atomic E-state index is 0.131. The molecule has 1 heterocycles. The van der Waals surface area contributed by atoms with E-state index in [4.69, 9.17) is 4.42 Å². The molecular weight excluding hydrogens is 462 g/mol. The highest BCUT2D eigenvalue weighted by Gasteiger charge is 2.51. The lowest BCUT2D eigenvalue weighted by Crippen LogP contribution is -2.48. The van der Waals surface area contributed by atoms with Crippen molar-refractivity contribution in [2.75, 3.05) is 5.32 Å². The van der Waals surface area contributed by atoms with Crippen LogP contribution in [-0.2, 0) is 11.2 Å². The molecular formula is C32H37NO2S. The number of furan rings is 1. The molecule has 1 N–H and O–H groups in total. The average Bonchev–Trinajstić information content (AvgIpc) is 3.26. The zero-order chi connectivity index (χ0) is 24.1. The van der Waals surface area contributed by atoms with E-state index in [0.717, 1.165) is 45.7 Å². The molecule has 5 aliphatic rings. The number of carbonyl (C=O) groups is 1. The molecule has 0 atom stereocenters. The predicted molar refractivity (Wildman–Crippen MR) is 149 cm³/mol. The molecule has 0 unspecified atom stereocenters. The Labute approximate surface area is 218 Å². The summed E-state index contributed by atoms with van der Waals surface area (Å²) in [6.07, 6.45) is 15.1. The Morgan fingerprint density at radius 3 is 2.25 bits per heavy atom. The molecule has 0 saturated heterocycles. The van der Waals surface area contributed by atoms with Crippen LogP contribution in [-0.4, -0.2) is 11.2 Å². The van der Waals surface area contributed by atoms with Crippen LogP contribution in [0, 0.1) is 17.8 Å². The van der Waals surface area contributed by atoms with Gasteiger partial charge in [0.25, 0.3) is 5.91 Å². The Hall–Kier alpha value is -2.20. The van der Waals surface area contributed by atoms with Gasteiger partial charge in [-0.15, -0.1) is 0 Å². The maximum Gasteiger partial charge on any atom is 0.291 e. The standard InChI is InChI=1S/C32H37NO2S/c34-31(30-28(20-36-26-6-2-1-3-7-26)27-8-4-5-9-29(27)35-30)33-25-12-10-24(11-13-25)32-17-21-14-22(18-32)16-23(15-21)19-32/h4-5,8-13,21-23,26H,1-3,6-7,14-20H2,(H,33,34). The minimum Gasteiger partial charge on any atom is -0.451 e. The first-order chi connectivity index (χ1) is 17.6. The van der Waals surface area contributed by atoms with Crippen molar-refractivity contribution in [3.05, 3.63) is 65.4 Å². The summed E-state index contributed by atoms with van der Waals surface area (Å²) in [4.78, 5) is 13.4. The van der Waals surface area contributed by atoms with Crippen LogP contribution in [0.15, 0.2) is 52.9 Å². The molecule has 4 bridgehead atoms. The van der Waals surface area contributed by atoms with E-state index in [1.54, 1.807) is 0 Å². The van der Waals surface area contributed by atoms with Crippen LogP contribution < -0.4 is 5.32 Å². The second-order valence-corrected chi connectivity index (χ2v) is 13.5. The Morgan fingerprint density at radius 1 is 0.889 bits per heavy atom. The zero-order valence-electron chi connectivity index (χ0n) is 21.1. The summed E-state index contributed by atoms with van der Waals surface area (Å²) in [6.45, 7) is 0. The second-order valence-electron chi connectivity index (χ2n) is 12.2. The first-order valence-electron chi connectivity index (χ1n) is 14.2. The number of hydrogen-bond acceptors (Lipinski definition) is 3. The van der Waals surface area contributed by atoms with E-state index in [-0.39, 0.29) is 5.91 Å². The molecule has 2 aromatic carbocycles. The number of carbonyl (C=O) groups excluding carboxylic acids is 1. The van der Waals surface area contributed by atoms with Gasteiger partial charge in [0.1, 0.15) is 5.58 Å². The van der Waals surface area contributed by atoms with Crippen LogP contribution in [0.4, 0.5) is 5.69 Å². The Kier molecular flexibility index (Phi) is 5.91. The van der Waals surface area contributed by atoms with Gasteiger partial charge in [0.05, 0.1) is 0 Å². The van der Waals surface area contributed by atoms with E-state index in [2.05, 4.69) is 35.6 Å². The molecule has 4 heteroatoms. The number of nitrogens with one attached hydrogen (secondary N) is 1. The fraction of sp³-hybridized carbons (Fsp3) is 0.531. The third kappa shape index (κ3) is 4.20. The summed E-state index contributed by atoms with van der Waals surface area (Å²) >= 11 is 2.00. The number of rotatable bonds is 6. The topological polar surface area (TPSA) is 42.2 Å². The fourth-order valence-electron chi connectivity index (χ4n) is 8.42. The number of benzene rings is 2. The van der Waals surface area contributed by atoms with Crippen LogP contribution in [0.2, 0.25) is 0 Å².